The first-order valence-corrected chi connectivity index (χ1v) is 6.93. The average Bonchev–Trinajstić information content (AvgIpc) is 3.11. The van der Waals surface area contributed by atoms with Crippen LogP contribution in [-0.2, 0) is 0 Å². The van der Waals surface area contributed by atoms with E-state index in [2.05, 4.69) is 15.2 Å². The van der Waals surface area contributed by atoms with E-state index in [0.29, 0.717) is 0 Å². The highest BCUT2D eigenvalue weighted by Crippen LogP contribution is 2.31. The van der Waals surface area contributed by atoms with Crippen molar-refractivity contribution in [1.82, 2.24) is 9.88 Å². The number of nitrogen functional groups attached to an aromatic ring is 1. The average molecular weight is 246 g/mol. The zero-order valence-electron chi connectivity index (χ0n) is 11.0. The van der Waals surface area contributed by atoms with E-state index in [-0.39, 0.29) is 0 Å². The van der Waals surface area contributed by atoms with E-state index >= 15 is 0 Å². The Morgan fingerprint density at radius 2 is 2.22 bits per heavy atom. The molecule has 1 saturated heterocycles. The summed E-state index contributed by atoms with van der Waals surface area (Å²) in [5.41, 5.74) is 7.44. The summed E-state index contributed by atoms with van der Waals surface area (Å²) in [5, 5.41) is 3.44. The molecule has 2 heterocycles. The Morgan fingerprint density at radius 3 is 2.94 bits per heavy atom. The second-order valence-electron chi connectivity index (χ2n) is 5.63. The van der Waals surface area contributed by atoms with Crippen molar-refractivity contribution >= 4 is 11.5 Å². The Morgan fingerprint density at radius 1 is 1.39 bits per heavy atom. The Bertz CT molecular complexity index is 428. The van der Waals surface area contributed by atoms with Crippen molar-refractivity contribution in [2.24, 2.45) is 5.92 Å². The van der Waals surface area contributed by atoms with Gasteiger partial charge >= 0.3 is 0 Å². The number of hydrogen-bond acceptors (Lipinski definition) is 4. The van der Waals surface area contributed by atoms with Crippen molar-refractivity contribution in [3.63, 3.8) is 0 Å². The number of aryl methyl sites for hydroxylation is 1. The number of nitrogens with one attached hydrogen (secondary N) is 1. The predicted molar refractivity (Wildman–Crippen MR) is 74.6 cm³/mol. The van der Waals surface area contributed by atoms with Crippen LogP contribution in [0.15, 0.2) is 12.1 Å². The fourth-order valence-electron chi connectivity index (χ4n) is 2.72. The zero-order chi connectivity index (χ0) is 12.5. The van der Waals surface area contributed by atoms with Gasteiger partial charge in [-0.05, 0) is 50.8 Å². The minimum absolute atomic E-state index is 0.765. The summed E-state index contributed by atoms with van der Waals surface area (Å²) < 4.78 is 0. The number of nitrogens with zero attached hydrogens (tertiary/aromatic N) is 2. The van der Waals surface area contributed by atoms with Crippen LogP contribution in [-0.4, -0.2) is 35.6 Å². The number of pyridine rings is 1. The van der Waals surface area contributed by atoms with Gasteiger partial charge in [0.1, 0.15) is 5.82 Å². The van der Waals surface area contributed by atoms with E-state index in [1.807, 2.05) is 19.1 Å². The highest BCUT2D eigenvalue weighted by atomic mass is 15.2. The first-order valence-electron chi connectivity index (χ1n) is 6.93. The van der Waals surface area contributed by atoms with Gasteiger partial charge in [-0.1, -0.05) is 0 Å². The highest BCUT2D eigenvalue weighted by molar-refractivity contribution is 5.49. The van der Waals surface area contributed by atoms with Gasteiger partial charge in [0.15, 0.2) is 0 Å². The van der Waals surface area contributed by atoms with Gasteiger partial charge in [-0.25, -0.2) is 4.98 Å². The van der Waals surface area contributed by atoms with E-state index in [1.165, 1.54) is 32.4 Å². The Balaban J connectivity index is 1.50. The maximum atomic E-state index is 5.77. The molecule has 0 amide bonds. The molecule has 1 aliphatic heterocycles. The molecule has 18 heavy (non-hydrogen) atoms. The third-order valence-corrected chi connectivity index (χ3v) is 4.08. The van der Waals surface area contributed by atoms with E-state index in [4.69, 9.17) is 5.73 Å². The normalized spacial score (nSPS) is 24.4. The Kier molecular flexibility index (Phi) is 3.12. The molecule has 2 fully saturated rings. The number of aromatic nitrogens is 1. The second-order valence-corrected chi connectivity index (χ2v) is 5.63. The molecule has 0 bridgehead atoms. The zero-order valence-corrected chi connectivity index (χ0v) is 11.0. The molecule has 1 atom stereocenters. The molecule has 1 aromatic heterocycles. The molecular weight excluding hydrogens is 224 g/mol. The smallest absolute Gasteiger partial charge is 0.126 e. The summed E-state index contributed by atoms with van der Waals surface area (Å²) in [7, 11) is 0. The first kappa shape index (κ1) is 11.8. The lowest BCUT2D eigenvalue weighted by Gasteiger charge is -2.15. The first-order chi connectivity index (χ1) is 8.72. The third-order valence-electron chi connectivity index (χ3n) is 4.08. The van der Waals surface area contributed by atoms with Crippen molar-refractivity contribution in [2.45, 2.75) is 32.2 Å². The lowest BCUT2D eigenvalue weighted by Crippen LogP contribution is -2.25. The number of rotatable bonds is 4. The lowest BCUT2D eigenvalue weighted by molar-refractivity contribution is 0.316. The van der Waals surface area contributed by atoms with Crippen molar-refractivity contribution in [1.29, 1.82) is 0 Å². The summed E-state index contributed by atoms with van der Waals surface area (Å²) in [5.74, 6) is 1.72. The third kappa shape index (κ3) is 2.58. The van der Waals surface area contributed by atoms with Gasteiger partial charge in [0.2, 0.25) is 0 Å². The molecule has 0 aromatic carbocycles. The molecule has 0 spiro atoms. The molecule has 2 aliphatic rings. The van der Waals surface area contributed by atoms with Gasteiger partial charge < -0.3 is 16.0 Å². The molecule has 4 heteroatoms. The molecule has 3 rings (SSSR count). The van der Waals surface area contributed by atoms with Crippen LogP contribution in [0.5, 0.6) is 0 Å². The largest absolute Gasteiger partial charge is 0.397 e. The van der Waals surface area contributed by atoms with Crippen molar-refractivity contribution in [2.75, 3.05) is 30.7 Å². The molecule has 3 N–H and O–H groups in total. The van der Waals surface area contributed by atoms with Gasteiger partial charge in [0, 0.05) is 19.1 Å². The Hall–Kier alpha value is -1.29. The molecule has 98 valence electrons. The van der Waals surface area contributed by atoms with Gasteiger partial charge in [-0.3, -0.25) is 0 Å². The van der Waals surface area contributed by atoms with E-state index < -0.39 is 0 Å². The van der Waals surface area contributed by atoms with Crippen LogP contribution >= 0.6 is 0 Å². The minimum Gasteiger partial charge on any atom is -0.397 e. The summed E-state index contributed by atoms with van der Waals surface area (Å²) in [6.45, 7) is 5.52. The van der Waals surface area contributed by atoms with Crippen LogP contribution in [0.3, 0.4) is 0 Å². The summed E-state index contributed by atoms with van der Waals surface area (Å²) in [6, 6.07) is 4.80. The minimum atomic E-state index is 0.765. The van der Waals surface area contributed by atoms with Crippen molar-refractivity contribution in [3.05, 3.63) is 17.8 Å². The quantitative estimate of drug-likeness (QED) is 0.851. The summed E-state index contributed by atoms with van der Waals surface area (Å²) in [6.07, 6.45) is 4.15. The van der Waals surface area contributed by atoms with Gasteiger partial charge in [0.25, 0.3) is 0 Å². The van der Waals surface area contributed by atoms with Crippen LogP contribution in [0.25, 0.3) is 0 Å². The SMILES string of the molecule is Cc1nc(NCC2CCN(C3CC3)C2)ccc1N. The summed E-state index contributed by atoms with van der Waals surface area (Å²) >= 11 is 0. The predicted octanol–water partition coefficient (Wildman–Crippen LogP) is 1.87. The highest BCUT2D eigenvalue weighted by Gasteiger charge is 2.34. The number of nitrogens with two attached hydrogens (primary N) is 1. The standard InChI is InChI=1S/C14H22N4/c1-10-13(15)4-5-14(17-10)16-8-11-6-7-18(9-11)12-2-3-12/h4-5,11-12H,2-3,6-9,15H2,1H3,(H,16,17). The van der Waals surface area contributed by atoms with Crippen molar-refractivity contribution in [3.8, 4) is 0 Å². The molecular formula is C14H22N4. The fraction of sp³-hybridized carbons (Fsp3) is 0.643. The van der Waals surface area contributed by atoms with Gasteiger partial charge in [-0.15, -0.1) is 0 Å². The van der Waals surface area contributed by atoms with Crippen LogP contribution in [0, 0.1) is 12.8 Å². The van der Waals surface area contributed by atoms with Gasteiger partial charge in [-0.2, -0.15) is 0 Å². The summed E-state index contributed by atoms with van der Waals surface area (Å²) in [4.78, 5) is 7.10. The topological polar surface area (TPSA) is 54.2 Å². The maximum absolute atomic E-state index is 5.77. The molecule has 1 aromatic rings. The van der Waals surface area contributed by atoms with Crippen LogP contribution < -0.4 is 11.1 Å². The monoisotopic (exact) mass is 246 g/mol. The second kappa shape index (κ2) is 4.76. The van der Waals surface area contributed by atoms with Crippen LogP contribution in [0.2, 0.25) is 0 Å². The van der Waals surface area contributed by atoms with E-state index in [0.717, 1.165) is 35.7 Å². The number of hydrogen-bond donors (Lipinski definition) is 2. The molecule has 1 unspecified atom stereocenters. The fourth-order valence-corrected chi connectivity index (χ4v) is 2.72. The van der Waals surface area contributed by atoms with Crippen LogP contribution in [0.4, 0.5) is 11.5 Å². The molecule has 1 aliphatic carbocycles. The van der Waals surface area contributed by atoms with Crippen molar-refractivity contribution < 1.29 is 0 Å². The lowest BCUT2D eigenvalue weighted by atomic mass is 10.1. The van der Waals surface area contributed by atoms with E-state index in [1.54, 1.807) is 0 Å². The number of anilines is 2. The van der Waals surface area contributed by atoms with Gasteiger partial charge in [0.05, 0.1) is 11.4 Å². The molecule has 4 nitrogen and oxygen atoms in total. The maximum Gasteiger partial charge on any atom is 0.126 e. The Labute approximate surface area is 109 Å². The number of likely N-dealkylation sites (tertiary alicyclic amines) is 1. The van der Waals surface area contributed by atoms with E-state index in [9.17, 15) is 0 Å². The van der Waals surface area contributed by atoms with Crippen LogP contribution in [0.1, 0.15) is 25.0 Å². The molecule has 0 radical (unpaired) electrons. The molecule has 1 saturated carbocycles.